The van der Waals surface area contributed by atoms with Gasteiger partial charge in [-0.3, -0.25) is 14.5 Å². The van der Waals surface area contributed by atoms with Gasteiger partial charge in [0.1, 0.15) is 0 Å². The number of nitrogens with one attached hydrogen (secondary N) is 2. The number of benzene rings is 3. The predicted octanol–water partition coefficient (Wildman–Crippen LogP) is 6.11. The Morgan fingerprint density at radius 2 is 1.71 bits per heavy atom. The number of hydrogen-bond acceptors (Lipinski definition) is 5. The van der Waals surface area contributed by atoms with Crippen molar-refractivity contribution in [3.63, 3.8) is 0 Å². The van der Waals surface area contributed by atoms with E-state index in [0.29, 0.717) is 22.3 Å². The van der Waals surface area contributed by atoms with Gasteiger partial charge in [0.15, 0.2) is 0 Å². The van der Waals surface area contributed by atoms with Crippen LogP contribution in [0, 0.1) is 6.92 Å². The van der Waals surface area contributed by atoms with Crippen molar-refractivity contribution in [2.24, 2.45) is 5.10 Å². The van der Waals surface area contributed by atoms with Crippen molar-refractivity contribution < 1.29 is 9.59 Å². The Hall–Kier alpha value is -3.52. The fourth-order valence-electron chi connectivity index (χ4n) is 5.78. The Morgan fingerprint density at radius 3 is 2.49 bits per heavy atom. The Labute approximate surface area is 247 Å². The minimum absolute atomic E-state index is 0.236. The second-order valence-electron chi connectivity index (χ2n) is 11.1. The molecule has 0 saturated carbocycles. The maximum Gasteiger partial charge on any atom is 0.273 e. The smallest absolute Gasteiger partial charge is 0.273 e. The third-order valence-corrected chi connectivity index (χ3v) is 8.19. The summed E-state index contributed by atoms with van der Waals surface area (Å²) in [5.41, 5.74) is 6.76. The van der Waals surface area contributed by atoms with Crippen LogP contribution in [-0.2, 0) is 6.54 Å². The second-order valence-corrected chi connectivity index (χ2v) is 11.5. The fraction of sp³-hybridized carbons (Fsp3) is 0.364. The number of halogens is 1. The molecule has 8 heteroatoms. The number of amides is 2. The van der Waals surface area contributed by atoms with Crippen LogP contribution in [0.4, 0.5) is 5.69 Å². The first-order chi connectivity index (χ1) is 19.9. The van der Waals surface area contributed by atoms with Crippen LogP contribution < -0.4 is 10.7 Å². The minimum atomic E-state index is -0.464. The lowest BCUT2D eigenvalue weighted by Crippen LogP contribution is -2.46. The SMILES string of the molecule is Cc1cccc(/C=N/NC(=O)c2cc(Cl)ccc2NC(=O)c2cccc(CN3CCC(N4CCCCC4)CC3)c2)c1. The van der Waals surface area contributed by atoms with E-state index in [1.54, 1.807) is 24.4 Å². The summed E-state index contributed by atoms with van der Waals surface area (Å²) in [6.07, 6.45) is 8.02. The molecule has 0 aromatic heterocycles. The maximum atomic E-state index is 13.2. The van der Waals surface area contributed by atoms with E-state index in [2.05, 4.69) is 31.7 Å². The number of piperidine rings is 2. The lowest BCUT2D eigenvalue weighted by atomic mass is 9.99. The molecular formula is C33H38ClN5O2. The Bertz CT molecular complexity index is 1390. The lowest BCUT2D eigenvalue weighted by Gasteiger charge is -2.40. The van der Waals surface area contributed by atoms with Crippen molar-refractivity contribution in [1.82, 2.24) is 15.2 Å². The molecule has 214 valence electrons. The number of likely N-dealkylation sites (tertiary alicyclic amines) is 2. The molecule has 3 aromatic rings. The van der Waals surface area contributed by atoms with Crippen molar-refractivity contribution in [3.8, 4) is 0 Å². The normalized spacial score (nSPS) is 17.0. The van der Waals surface area contributed by atoms with Gasteiger partial charge in [-0.2, -0.15) is 5.10 Å². The summed E-state index contributed by atoms with van der Waals surface area (Å²) in [5.74, 6) is -0.747. The van der Waals surface area contributed by atoms with Crippen LogP contribution in [-0.4, -0.2) is 60.0 Å². The zero-order chi connectivity index (χ0) is 28.6. The number of rotatable bonds is 8. The minimum Gasteiger partial charge on any atom is -0.321 e. The van der Waals surface area contributed by atoms with Crippen LogP contribution in [0.15, 0.2) is 71.8 Å². The topological polar surface area (TPSA) is 77.0 Å². The quantitative estimate of drug-likeness (QED) is 0.252. The fourth-order valence-corrected chi connectivity index (χ4v) is 5.95. The monoisotopic (exact) mass is 571 g/mol. The van der Waals surface area contributed by atoms with Crippen LogP contribution in [0.25, 0.3) is 0 Å². The maximum absolute atomic E-state index is 13.2. The third kappa shape index (κ3) is 8.03. The number of anilines is 1. The Balaban J connectivity index is 1.19. The van der Waals surface area contributed by atoms with Crippen LogP contribution in [0.2, 0.25) is 5.02 Å². The van der Waals surface area contributed by atoms with Crippen LogP contribution in [0.3, 0.4) is 0 Å². The summed E-state index contributed by atoms with van der Waals surface area (Å²) < 4.78 is 0. The van der Waals surface area contributed by atoms with Crippen LogP contribution in [0.5, 0.6) is 0 Å². The highest BCUT2D eigenvalue weighted by molar-refractivity contribution is 6.31. The molecule has 2 heterocycles. The largest absolute Gasteiger partial charge is 0.321 e. The summed E-state index contributed by atoms with van der Waals surface area (Å²) in [4.78, 5) is 31.4. The average molecular weight is 572 g/mol. The summed E-state index contributed by atoms with van der Waals surface area (Å²) in [6.45, 7) is 7.46. The highest BCUT2D eigenvalue weighted by Gasteiger charge is 2.25. The first-order valence-corrected chi connectivity index (χ1v) is 14.9. The number of aryl methyl sites for hydroxylation is 1. The van der Waals surface area contributed by atoms with E-state index in [9.17, 15) is 9.59 Å². The van der Waals surface area contributed by atoms with E-state index in [1.165, 1.54) is 51.3 Å². The highest BCUT2D eigenvalue weighted by Crippen LogP contribution is 2.24. The van der Waals surface area contributed by atoms with Crippen LogP contribution >= 0.6 is 11.6 Å². The molecule has 5 rings (SSSR count). The van der Waals surface area contributed by atoms with E-state index < -0.39 is 5.91 Å². The number of carbonyl (C=O) groups is 2. The van der Waals surface area contributed by atoms with Gasteiger partial charge >= 0.3 is 0 Å². The molecule has 2 amide bonds. The Morgan fingerprint density at radius 1 is 0.927 bits per heavy atom. The summed E-state index contributed by atoms with van der Waals surface area (Å²) in [7, 11) is 0. The van der Waals surface area contributed by atoms with E-state index in [4.69, 9.17) is 11.6 Å². The van der Waals surface area contributed by atoms with E-state index in [1.807, 2.05) is 43.3 Å². The van der Waals surface area contributed by atoms with Crippen molar-refractivity contribution in [1.29, 1.82) is 0 Å². The van der Waals surface area contributed by atoms with Gasteiger partial charge in [0.05, 0.1) is 17.5 Å². The van der Waals surface area contributed by atoms with E-state index >= 15 is 0 Å². The first-order valence-electron chi connectivity index (χ1n) is 14.5. The van der Waals surface area contributed by atoms with E-state index in [0.717, 1.165) is 36.3 Å². The number of carbonyl (C=O) groups excluding carboxylic acids is 2. The van der Waals surface area contributed by atoms with Gasteiger partial charge in [-0.1, -0.05) is 60.0 Å². The van der Waals surface area contributed by atoms with Gasteiger partial charge in [-0.25, -0.2) is 5.43 Å². The highest BCUT2D eigenvalue weighted by atomic mass is 35.5. The molecule has 2 fully saturated rings. The molecule has 2 aliphatic heterocycles. The summed E-state index contributed by atoms with van der Waals surface area (Å²) in [5, 5.41) is 7.36. The zero-order valence-electron chi connectivity index (χ0n) is 23.6. The van der Waals surface area contributed by atoms with Crippen molar-refractivity contribution >= 4 is 35.3 Å². The number of nitrogens with zero attached hydrogens (tertiary/aromatic N) is 3. The molecule has 3 aromatic carbocycles. The van der Waals surface area contributed by atoms with Crippen LogP contribution in [0.1, 0.15) is 69.5 Å². The molecule has 2 saturated heterocycles. The van der Waals surface area contributed by atoms with E-state index in [-0.39, 0.29) is 11.5 Å². The molecule has 0 aliphatic carbocycles. The Kier molecular flexibility index (Phi) is 9.83. The van der Waals surface area contributed by atoms with Crippen molar-refractivity contribution in [3.05, 3.63) is 99.6 Å². The molecular weight excluding hydrogens is 534 g/mol. The summed E-state index contributed by atoms with van der Waals surface area (Å²) >= 11 is 6.19. The standard InChI is InChI=1S/C33H38ClN5O2/c1-24-7-5-8-25(19-24)22-35-37-33(41)30-21-28(34)11-12-31(30)36-32(40)27-10-6-9-26(20-27)23-38-17-13-29(14-18-38)39-15-3-2-4-16-39/h5-12,19-22,29H,2-4,13-18,23H2,1H3,(H,36,40)(H,37,41)/b35-22+. The number of hydrogen-bond donors (Lipinski definition) is 2. The van der Waals surface area contributed by atoms with Gasteiger partial charge in [-0.05, 0) is 100 Å². The molecule has 41 heavy (non-hydrogen) atoms. The predicted molar refractivity (Wildman–Crippen MR) is 166 cm³/mol. The molecule has 2 aliphatic rings. The van der Waals surface area contributed by atoms with Gasteiger partial charge in [0.2, 0.25) is 0 Å². The molecule has 0 unspecified atom stereocenters. The zero-order valence-corrected chi connectivity index (χ0v) is 24.4. The molecule has 0 spiro atoms. The van der Waals surface area contributed by atoms with Gasteiger partial charge < -0.3 is 10.2 Å². The van der Waals surface area contributed by atoms with Crippen molar-refractivity contribution in [2.45, 2.75) is 51.6 Å². The van der Waals surface area contributed by atoms with Gasteiger partial charge in [-0.15, -0.1) is 0 Å². The van der Waals surface area contributed by atoms with Crippen molar-refractivity contribution in [2.75, 3.05) is 31.5 Å². The average Bonchev–Trinajstić information content (AvgIpc) is 2.99. The molecule has 2 N–H and O–H groups in total. The second kappa shape index (κ2) is 13.9. The number of hydrazone groups is 1. The molecule has 0 radical (unpaired) electrons. The van der Waals surface area contributed by atoms with Gasteiger partial charge in [0, 0.05) is 23.2 Å². The third-order valence-electron chi connectivity index (χ3n) is 7.96. The summed E-state index contributed by atoms with van der Waals surface area (Å²) in [6, 6.07) is 21.0. The molecule has 7 nitrogen and oxygen atoms in total. The first kappa shape index (κ1) is 29.0. The molecule has 0 bridgehead atoms. The van der Waals surface area contributed by atoms with Gasteiger partial charge in [0.25, 0.3) is 11.8 Å². The molecule has 0 atom stereocenters. The lowest BCUT2D eigenvalue weighted by molar-refractivity contribution is 0.0896.